The second-order valence-corrected chi connectivity index (χ2v) is 7.62. The van der Waals surface area contributed by atoms with Gasteiger partial charge in [0.25, 0.3) is 0 Å². The molecule has 0 fully saturated rings. The fourth-order valence-corrected chi connectivity index (χ4v) is 3.08. The van der Waals surface area contributed by atoms with E-state index in [9.17, 15) is 9.18 Å². The Kier molecular flexibility index (Phi) is 10.4. The van der Waals surface area contributed by atoms with E-state index in [0.717, 1.165) is 12.0 Å². The molecular weight excluding hydrogens is 490 g/mol. The number of aliphatic imine (C=N–C) groups is 1. The van der Waals surface area contributed by atoms with E-state index < -0.39 is 0 Å². The summed E-state index contributed by atoms with van der Waals surface area (Å²) >= 11 is 1.71. The third-order valence-electron chi connectivity index (χ3n) is 4.16. The van der Waals surface area contributed by atoms with E-state index in [0.29, 0.717) is 18.1 Å². The highest BCUT2D eigenvalue weighted by Crippen LogP contribution is 2.16. The topological polar surface area (TPSA) is 56.7 Å². The van der Waals surface area contributed by atoms with Gasteiger partial charge in [-0.05, 0) is 48.9 Å². The van der Waals surface area contributed by atoms with Gasteiger partial charge in [-0.1, -0.05) is 18.2 Å². The van der Waals surface area contributed by atoms with Crippen molar-refractivity contribution in [3.05, 3.63) is 57.5 Å². The first kappa shape index (κ1) is 24.4. The molecule has 1 aromatic heterocycles. The molecule has 0 aliphatic carbocycles. The monoisotopic (exact) mass is 518 g/mol. The molecule has 28 heavy (non-hydrogen) atoms. The van der Waals surface area contributed by atoms with E-state index in [1.165, 1.54) is 15.8 Å². The molecular formula is C20H28FIN4OS. The van der Waals surface area contributed by atoms with E-state index in [1.54, 1.807) is 38.4 Å². The number of benzene rings is 1. The molecule has 154 valence electrons. The maximum absolute atomic E-state index is 13.9. The number of likely N-dealkylation sites (N-methyl/N-ethyl adjacent to an activating group) is 1. The summed E-state index contributed by atoms with van der Waals surface area (Å²) in [5.74, 6) is 0.228. The van der Waals surface area contributed by atoms with Gasteiger partial charge in [-0.15, -0.1) is 35.3 Å². The SMILES string of the molecule is Cc1ccc(C(C)NC(=NCC(=O)N(C)C)NCCc2cccs2)cc1F.I. The number of nitrogens with zero attached hydrogens (tertiary/aromatic N) is 2. The van der Waals surface area contributed by atoms with Crippen LogP contribution in [0.3, 0.4) is 0 Å². The number of aryl methyl sites for hydroxylation is 1. The zero-order valence-corrected chi connectivity index (χ0v) is 19.8. The van der Waals surface area contributed by atoms with Crippen molar-refractivity contribution in [3.8, 4) is 0 Å². The Morgan fingerprint density at radius 3 is 2.68 bits per heavy atom. The molecule has 1 aromatic carbocycles. The molecule has 2 rings (SSSR count). The second-order valence-electron chi connectivity index (χ2n) is 6.58. The molecule has 0 aliphatic heterocycles. The summed E-state index contributed by atoms with van der Waals surface area (Å²) in [5.41, 5.74) is 1.44. The number of thiophene rings is 1. The smallest absolute Gasteiger partial charge is 0.243 e. The zero-order chi connectivity index (χ0) is 19.8. The van der Waals surface area contributed by atoms with Gasteiger partial charge in [0.1, 0.15) is 12.4 Å². The van der Waals surface area contributed by atoms with Crippen LogP contribution >= 0.6 is 35.3 Å². The van der Waals surface area contributed by atoms with Gasteiger partial charge in [0, 0.05) is 25.5 Å². The molecule has 0 radical (unpaired) electrons. The Balaban J connectivity index is 0.00000392. The highest BCUT2D eigenvalue weighted by atomic mass is 127. The Hall–Kier alpha value is -1.68. The van der Waals surface area contributed by atoms with Gasteiger partial charge in [0.05, 0.1) is 6.04 Å². The Morgan fingerprint density at radius 1 is 1.32 bits per heavy atom. The van der Waals surface area contributed by atoms with Crippen LogP contribution in [0.5, 0.6) is 0 Å². The van der Waals surface area contributed by atoms with Gasteiger partial charge in [-0.3, -0.25) is 4.79 Å². The predicted octanol–water partition coefficient (Wildman–Crippen LogP) is 3.74. The van der Waals surface area contributed by atoms with Crippen LogP contribution in [0.4, 0.5) is 4.39 Å². The van der Waals surface area contributed by atoms with Crippen LogP contribution in [0, 0.1) is 12.7 Å². The summed E-state index contributed by atoms with van der Waals surface area (Å²) in [6, 6.07) is 9.15. The minimum absolute atomic E-state index is 0. The summed E-state index contributed by atoms with van der Waals surface area (Å²) in [4.78, 5) is 19.0. The third-order valence-corrected chi connectivity index (χ3v) is 5.10. The number of hydrogen-bond donors (Lipinski definition) is 2. The highest BCUT2D eigenvalue weighted by Gasteiger charge is 2.11. The summed E-state index contributed by atoms with van der Waals surface area (Å²) in [6.07, 6.45) is 0.869. The van der Waals surface area contributed by atoms with Gasteiger partial charge in [-0.25, -0.2) is 9.38 Å². The first-order chi connectivity index (χ1) is 12.9. The number of rotatable bonds is 7. The quantitative estimate of drug-likeness (QED) is 0.334. The lowest BCUT2D eigenvalue weighted by Gasteiger charge is -2.19. The van der Waals surface area contributed by atoms with Crippen molar-refractivity contribution in [3.63, 3.8) is 0 Å². The number of nitrogens with one attached hydrogen (secondary N) is 2. The lowest BCUT2D eigenvalue weighted by Crippen LogP contribution is -2.40. The van der Waals surface area contributed by atoms with Gasteiger partial charge >= 0.3 is 0 Å². The minimum Gasteiger partial charge on any atom is -0.356 e. The molecule has 1 amide bonds. The van der Waals surface area contributed by atoms with Crippen LogP contribution in [-0.4, -0.2) is 44.0 Å². The predicted molar refractivity (Wildman–Crippen MR) is 125 cm³/mol. The Morgan fingerprint density at radius 2 is 2.07 bits per heavy atom. The number of carbonyl (C=O) groups excluding carboxylic acids is 1. The second kappa shape index (κ2) is 12.0. The molecule has 1 heterocycles. The molecule has 1 atom stereocenters. The summed E-state index contributed by atoms with van der Waals surface area (Å²) in [7, 11) is 3.40. The number of halogens is 2. The Bertz CT molecular complexity index is 781. The number of hydrogen-bond acceptors (Lipinski definition) is 3. The maximum Gasteiger partial charge on any atom is 0.243 e. The summed E-state index contributed by atoms with van der Waals surface area (Å²) in [6.45, 7) is 4.42. The van der Waals surface area contributed by atoms with Crippen molar-refractivity contribution in [2.24, 2.45) is 4.99 Å². The van der Waals surface area contributed by atoms with Gasteiger partial charge in [0.15, 0.2) is 5.96 Å². The van der Waals surface area contributed by atoms with Crippen LogP contribution in [0.2, 0.25) is 0 Å². The van der Waals surface area contributed by atoms with E-state index >= 15 is 0 Å². The average Bonchev–Trinajstić information content (AvgIpc) is 3.14. The molecule has 0 spiro atoms. The van der Waals surface area contributed by atoms with Crippen molar-refractivity contribution >= 4 is 47.2 Å². The zero-order valence-electron chi connectivity index (χ0n) is 16.7. The third kappa shape index (κ3) is 7.75. The number of amides is 1. The normalized spacial score (nSPS) is 12.1. The molecule has 2 aromatic rings. The Labute approximate surface area is 187 Å². The van der Waals surface area contributed by atoms with Crippen LogP contribution in [0.1, 0.15) is 29.0 Å². The van der Waals surface area contributed by atoms with Crippen molar-refractivity contribution < 1.29 is 9.18 Å². The first-order valence-electron chi connectivity index (χ1n) is 8.90. The fourth-order valence-electron chi connectivity index (χ4n) is 2.37. The molecule has 0 bridgehead atoms. The largest absolute Gasteiger partial charge is 0.356 e. The molecule has 2 N–H and O–H groups in total. The molecule has 0 saturated heterocycles. The maximum atomic E-state index is 13.9. The van der Waals surface area contributed by atoms with Gasteiger partial charge in [0.2, 0.25) is 5.91 Å². The van der Waals surface area contributed by atoms with E-state index in [1.807, 2.05) is 24.4 Å². The van der Waals surface area contributed by atoms with Crippen LogP contribution in [0.15, 0.2) is 40.7 Å². The van der Waals surface area contributed by atoms with Crippen LogP contribution in [0.25, 0.3) is 0 Å². The molecule has 0 saturated carbocycles. The molecule has 1 unspecified atom stereocenters. The van der Waals surface area contributed by atoms with Gasteiger partial charge < -0.3 is 15.5 Å². The minimum atomic E-state index is -0.229. The molecule has 5 nitrogen and oxygen atoms in total. The van der Waals surface area contributed by atoms with Crippen molar-refractivity contribution in [2.45, 2.75) is 26.3 Å². The van der Waals surface area contributed by atoms with Crippen molar-refractivity contribution in [1.29, 1.82) is 0 Å². The number of guanidine groups is 1. The standard InChI is InChI=1S/C20H27FN4OS.HI/c1-14-7-8-16(12-18(14)21)15(2)24-20(23-13-19(26)25(3)4)22-10-9-17-6-5-11-27-17;/h5-8,11-12,15H,9-10,13H2,1-4H3,(H2,22,23,24);1H. The lowest BCUT2D eigenvalue weighted by atomic mass is 10.1. The average molecular weight is 518 g/mol. The number of carbonyl (C=O) groups is 1. The van der Waals surface area contributed by atoms with E-state index in [-0.39, 0.29) is 48.3 Å². The molecule has 8 heteroatoms. The van der Waals surface area contributed by atoms with E-state index in [2.05, 4.69) is 21.7 Å². The summed E-state index contributed by atoms with van der Waals surface area (Å²) < 4.78 is 13.9. The van der Waals surface area contributed by atoms with Crippen LogP contribution < -0.4 is 10.6 Å². The highest BCUT2D eigenvalue weighted by molar-refractivity contribution is 14.0. The van der Waals surface area contributed by atoms with Crippen LogP contribution in [-0.2, 0) is 11.2 Å². The lowest BCUT2D eigenvalue weighted by molar-refractivity contribution is -0.127. The molecule has 0 aliphatic rings. The van der Waals surface area contributed by atoms with Crippen molar-refractivity contribution in [2.75, 3.05) is 27.2 Å². The van der Waals surface area contributed by atoms with Gasteiger partial charge in [-0.2, -0.15) is 0 Å². The fraction of sp³-hybridized carbons (Fsp3) is 0.400. The summed E-state index contributed by atoms with van der Waals surface area (Å²) in [5, 5.41) is 8.57. The van der Waals surface area contributed by atoms with E-state index in [4.69, 9.17) is 0 Å². The first-order valence-corrected chi connectivity index (χ1v) is 9.78. The van der Waals surface area contributed by atoms with Crippen molar-refractivity contribution in [1.82, 2.24) is 15.5 Å².